The fraction of sp³-hybridized carbons (Fsp3) is 0.500. The molecule has 1 aromatic heterocycles. The molecule has 1 aromatic carbocycles. The summed E-state index contributed by atoms with van der Waals surface area (Å²) in [4.78, 5) is 17.1. The van der Waals surface area contributed by atoms with Crippen LogP contribution < -0.4 is 15.1 Å². The summed E-state index contributed by atoms with van der Waals surface area (Å²) in [5, 5.41) is 11.9. The summed E-state index contributed by atoms with van der Waals surface area (Å²) in [5.74, 6) is 1.84. The lowest BCUT2D eigenvalue weighted by Gasteiger charge is -2.33. The minimum atomic E-state index is -0.0186. The maximum atomic E-state index is 12.7. The normalized spacial score (nSPS) is 19.8. The van der Waals surface area contributed by atoms with Crippen LogP contribution in [0.15, 0.2) is 36.4 Å². The number of hydrogen-bond donors (Lipinski definition) is 1. The number of aromatic nitrogens is 2. The van der Waals surface area contributed by atoms with Crippen molar-refractivity contribution < 1.29 is 9.53 Å². The van der Waals surface area contributed by atoms with E-state index < -0.39 is 0 Å². The van der Waals surface area contributed by atoms with E-state index in [9.17, 15) is 4.79 Å². The summed E-state index contributed by atoms with van der Waals surface area (Å²) in [6.07, 6.45) is 1.89. The monoisotopic (exact) mass is 395 g/mol. The van der Waals surface area contributed by atoms with Crippen LogP contribution in [0.4, 0.5) is 11.6 Å². The molecular weight excluding hydrogens is 366 g/mol. The molecule has 1 N–H and O–H groups in total. The fourth-order valence-electron chi connectivity index (χ4n) is 3.89. The molecule has 2 fully saturated rings. The van der Waals surface area contributed by atoms with Crippen LogP contribution in [-0.4, -0.2) is 55.5 Å². The predicted molar refractivity (Wildman–Crippen MR) is 113 cm³/mol. The number of hydrogen-bond acceptors (Lipinski definition) is 6. The number of piperidine rings is 1. The third kappa shape index (κ3) is 5.03. The molecule has 0 spiro atoms. The Morgan fingerprint density at radius 3 is 2.41 bits per heavy atom. The topological polar surface area (TPSA) is 70.6 Å². The number of carbonyl (C=O) groups is 1. The second kappa shape index (κ2) is 9.22. The number of amides is 1. The number of morpholine rings is 1. The van der Waals surface area contributed by atoms with Crippen LogP contribution in [0.1, 0.15) is 24.0 Å². The zero-order valence-corrected chi connectivity index (χ0v) is 17.0. The number of aryl methyl sites for hydroxylation is 1. The summed E-state index contributed by atoms with van der Waals surface area (Å²) in [5.41, 5.74) is 2.35. The van der Waals surface area contributed by atoms with Crippen LogP contribution in [0, 0.1) is 12.8 Å². The van der Waals surface area contributed by atoms with E-state index in [1.54, 1.807) is 0 Å². The zero-order chi connectivity index (χ0) is 20.1. The molecule has 4 rings (SSSR count). The first kappa shape index (κ1) is 19.6. The Bertz CT molecular complexity index is 803. The van der Waals surface area contributed by atoms with Gasteiger partial charge >= 0.3 is 0 Å². The lowest BCUT2D eigenvalue weighted by Crippen LogP contribution is -2.43. The van der Waals surface area contributed by atoms with E-state index in [1.807, 2.05) is 12.1 Å². The first-order valence-electron chi connectivity index (χ1n) is 10.4. The molecule has 0 unspecified atom stereocenters. The van der Waals surface area contributed by atoms with Gasteiger partial charge < -0.3 is 19.9 Å². The Hall–Kier alpha value is -2.67. The lowest BCUT2D eigenvalue weighted by molar-refractivity contribution is -0.125. The van der Waals surface area contributed by atoms with E-state index in [2.05, 4.69) is 56.5 Å². The summed E-state index contributed by atoms with van der Waals surface area (Å²) in [6, 6.07) is 12.3. The van der Waals surface area contributed by atoms with Crippen LogP contribution in [0.2, 0.25) is 0 Å². The lowest BCUT2D eigenvalue weighted by atomic mass is 9.97. The standard InChI is InChI=1S/C22H29N5O2/c1-17-4-6-18(7-5-17)15-23-22(28)19-3-2-10-27(16-19)21-9-8-20(24-25-21)26-11-13-29-14-12-26/h4-9,19H,2-3,10-16H2,1H3,(H,23,28)/t19-/m1/s1. The SMILES string of the molecule is Cc1ccc(CNC(=O)[C@@H]2CCCN(c3ccc(N4CCOCC4)nn3)C2)cc1. The quantitative estimate of drug-likeness (QED) is 0.837. The van der Waals surface area contributed by atoms with Crippen molar-refractivity contribution in [1.29, 1.82) is 0 Å². The van der Waals surface area contributed by atoms with E-state index in [0.717, 1.165) is 62.9 Å². The van der Waals surface area contributed by atoms with Gasteiger partial charge in [0.05, 0.1) is 19.1 Å². The number of anilines is 2. The highest BCUT2D eigenvalue weighted by atomic mass is 16.5. The summed E-state index contributed by atoms with van der Waals surface area (Å²) in [6.45, 7) is 7.39. The summed E-state index contributed by atoms with van der Waals surface area (Å²) in [7, 11) is 0. The average molecular weight is 396 g/mol. The number of carbonyl (C=O) groups excluding carboxylic acids is 1. The average Bonchev–Trinajstić information content (AvgIpc) is 2.79. The van der Waals surface area contributed by atoms with Crippen molar-refractivity contribution in [3.63, 3.8) is 0 Å². The Balaban J connectivity index is 1.32. The van der Waals surface area contributed by atoms with E-state index >= 15 is 0 Å². The Morgan fingerprint density at radius 1 is 1.03 bits per heavy atom. The first-order chi connectivity index (χ1) is 14.2. The molecule has 0 saturated carbocycles. The molecular formula is C22H29N5O2. The van der Waals surface area contributed by atoms with Crippen molar-refractivity contribution in [2.24, 2.45) is 5.92 Å². The maximum Gasteiger partial charge on any atom is 0.225 e. The maximum absolute atomic E-state index is 12.7. The summed E-state index contributed by atoms with van der Waals surface area (Å²) >= 11 is 0. The minimum absolute atomic E-state index is 0.0186. The molecule has 29 heavy (non-hydrogen) atoms. The molecule has 2 aromatic rings. The third-order valence-corrected chi connectivity index (χ3v) is 5.67. The van der Waals surface area contributed by atoms with Gasteiger partial charge in [-0.3, -0.25) is 4.79 Å². The molecule has 1 atom stereocenters. The minimum Gasteiger partial charge on any atom is -0.378 e. The van der Waals surface area contributed by atoms with Gasteiger partial charge in [0.2, 0.25) is 5.91 Å². The number of nitrogens with one attached hydrogen (secondary N) is 1. The zero-order valence-electron chi connectivity index (χ0n) is 17.0. The van der Waals surface area contributed by atoms with Gasteiger partial charge in [-0.05, 0) is 37.5 Å². The van der Waals surface area contributed by atoms with Gasteiger partial charge in [-0.15, -0.1) is 10.2 Å². The molecule has 0 bridgehead atoms. The predicted octanol–water partition coefficient (Wildman–Crippen LogP) is 2.15. The number of nitrogens with zero attached hydrogens (tertiary/aromatic N) is 4. The molecule has 2 aliphatic rings. The molecule has 1 amide bonds. The van der Waals surface area contributed by atoms with E-state index in [0.29, 0.717) is 13.1 Å². The van der Waals surface area contributed by atoms with Crippen molar-refractivity contribution in [1.82, 2.24) is 15.5 Å². The summed E-state index contributed by atoms with van der Waals surface area (Å²) < 4.78 is 5.39. The van der Waals surface area contributed by atoms with Gasteiger partial charge in [0.25, 0.3) is 0 Å². The van der Waals surface area contributed by atoms with Crippen molar-refractivity contribution >= 4 is 17.5 Å². The molecule has 3 heterocycles. The molecule has 154 valence electrons. The van der Waals surface area contributed by atoms with Crippen molar-refractivity contribution in [2.45, 2.75) is 26.3 Å². The Morgan fingerprint density at radius 2 is 1.72 bits per heavy atom. The van der Waals surface area contributed by atoms with Gasteiger partial charge in [-0.1, -0.05) is 29.8 Å². The van der Waals surface area contributed by atoms with Gasteiger partial charge in [0.1, 0.15) is 0 Å². The van der Waals surface area contributed by atoms with Crippen LogP contribution in [0.25, 0.3) is 0 Å². The van der Waals surface area contributed by atoms with Crippen molar-refractivity contribution in [2.75, 3.05) is 49.2 Å². The number of benzene rings is 1. The largest absolute Gasteiger partial charge is 0.378 e. The third-order valence-electron chi connectivity index (χ3n) is 5.67. The van der Waals surface area contributed by atoms with Crippen LogP contribution in [-0.2, 0) is 16.1 Å². The second-order valence-electron chi connectivity index (χ2n) is 7.84. The molecule has 0 radical (unpaired) electrons. The van der Waals surface area contributed by atoms with E-state index in [4.69, 9.17) is 4.74 Å². The van der Waals surface area contributed by atoms with Crippen LogP contribution in [0.3, 0.4) is 0 Å². The first-order valence-corrected chi connectivity index (χ1v) is 10.4. The van der Waals surface area contributed by atoms with Crippen molar-refractivity contribution in [3.05, 3.63) is 47.5 Å². The smallest absolute Gasteiger partial charge is 0.225 e. The van der Waals surface area contributed by atoms with E-state index in [-0.39, 0.29) is 11.8 Å². The van der Waals surface area contributed by atoms with Crippen LogP contribution >= 0.6 is 0 Å². The highest BCUT2D eigenvalue weighted by Gasteiger charge is 2.26. The molecule has 2 aliphatic heterocycles. The fourth-order valence-corrected chi connectivity index (χ4v) is 3.89. The molecule has 0 aliphatic carbocycles. The van der Waals surface area contributed by atoms with Gasteiger partial charge in [0, 0.05) is 32.7 Å². The molecule has 7 nitrogen and oxygen atoms in total. The molecule has 2 saturated heterocycles. The molecule has 7 heteroatoms. The Kier molecular flexibility index (Phi) is 6.24. The van der Waals surface area contributed by atoms with Gasteiger partial charge in [-0.25, -0.2) is 0 Å². The van der Waals surface area contributed by atoms with Gasteiger partial charge in [0.15, 0.2) is 11.6 Å². The highest BCUT2D eigenvalue weighted by Crippen LogP contribution is 2.23. The number of rotatable bonds is 5. The van der Waals surface area contributed by atoms with E-state index in [1.165, 1.54) is 5.56 Å². The van der Waals surface area contributed by atoms with Crippen molar-refractivity contribution in [3.8, 4) is 0 Å². The Labute approximate surface area is 172 Å². The number of ether oxygens (including phenoxy) is 1. The second-order valence-corrected chi connectivity index (χ2v) is 7.84. The van der Waals surface area contributed by atoms with Crippen LogP contribution in [0.5, 0.6) is 0 Å². The van der Waals surface area contributed by atoms with Gasteiger partial charge in [-0.2, -0.15) is 0 Å². The highest BCUT2D eigenvalue weighted by molar-refractivity contribution is 5.79.